The van der Waals surface area contributed by atoms with Gasteiger partial charge in [0.15, 0.2) is 0 Å². The first-order valence-corrected chi connectivity index (χ1v) is 13.4. The third kappa shape index (κ3) is 5.25. The normalized spacial score (nSPS) is 20.0. The summed E-state index contributed by atoms with van der Waals surface area (Å²) in [6, 6.07) is 12.9. The Morgan fingerprint density at radius 3 is 2.52 bits per heavy atom. The van der Waals surface area contributed by atoms with Gasteiger partial charge in [0.2, 0.25) is 15.9 Å². The highest BCUT2D eigenvalue weighted by molar-refractivity contribution is 7.89. The van der Waals surface area contributed by atoms with E-state index in [4.69, 9.17) is 4.74 Å². The second kappa shape index (κ2) is 10.3. The number of carbonyl (C=O) groups excluding carboxylic acids is 1. The van der Waals surface area contributed by atoms with Gasteiger partial charge in [-0.2, -0.15) is 4.31 Å². The van der Waals surface area contributed by atoms with Gasteiger partial charge in [0, 0.05) is 13.1 Å². The van der Waals surface area contributed by atoms with Gasteiger partial charge < -0.3 is 10.1 Å². The van der Waals surface area contributed by atoms with E-state index in [0.29, 0.717) is 25.1 Å². The van der Waals surface area contributed by atoms with E-state index < -0.39 is 10.0 Å². The van der Waals surface area contributed by atoms with Crippen molar-refractivity contribution >= 4 is 15.9 Å². The zero-order chi connectivity index (χ0) is 23.4. The Morgan fingerprint density at radius 2 is 1.82 bits per heavy atom. The zero-order valence-electron chi connectivity index (χ0n) is 19.5. The molecule has 0 aromatic heterocycles. The fourth-order valence-electron chi connectivity index (χ4n) is 4.95. The molecule has 1 aliphatic carbocycles. The highest BCUT2D eigenvalue weighted by atomic mass is 32.2. The van der Waals surface area contributed by atoms with Crippen LogP contribution >= 0.6 is 0 Å². The van der Waals surface area contributed by atoms with Crippen LogP contribution in [0.4, 0.5) is 0 Å². The predicted octanol–water partition coefficient (Wildman–Crippen LogP) is 4.24. The van der Waals surface area contributed by atoms with E-state index in [2.05, 4.69) is 30.4 Å². The fraction of sp³-hybridized carbons (Fsp3) is 0.500. The minimum atomic E-state index is -3.65. The molecule has 6 nitrogen and oxygen atoms in total. The number of hydrogen-bond donors (Lipinski definition) is 1. The number of nitrogens with zero attached hydrogens (tertiary/aromatic N) is 1. The monoisotopic (exact) mass is 470 g/mol. The minimum Gasteiger partial charge on any atom is -0.497 e. The molecule has 2 atom stereocenters. The first-order chi connectivity index (χ1) is 15.9. The topological polar surface area (TPSA) is 75.7 Å². The van der Waals surface area contributed by atoms with Crippen LogP contribution in [-0.2, 0) is 27.7 Å². The Bertz CT molecular complexity index is 1080. The standard InChI is InChI=1S/C26H34N2O4S/c1-3-25(21-11-10-19-7-4-5-8-20(19)17-21)27-26(29)22-9-6-16-28(18-22)33(30,31)24-14-12-23(32-2)13-15-24/h10-15,17,22,25H,3-9,16,18H2,1-2H3,(H,27,29)/t22-,25+/m1/s1. The van der Waals surface area contributed by atoms with Gasteiger partial charge in [0.05, 0.1) is 24.0 Å². The largest absolute Gasteiger partial charge is 0.497 e. The Labute approximate surface area is 197 Å². The van der Waals surface area contributed by atoms with Crippen LogP contribution < -0.4 is 10.1 Å². The lowest BCUT2D eigenvalue weighted by atomic mass is 9.88. The van der Waals surface area contributed by atoms with Crippen LogP contribution in [0.2, 0.25) is 0 Å². The van der Waals surface area contributed by atoms with Gasteiger partial charge in [0.25, 0.3) is 0 Å². The van der Waals surface area contributed by atoms with Gasteiger partial charge in [-0.15, -0.1) is 0 Å². The van der Waals surface area contributed by atoms with Gasteiger partial charge in [-0.1, -0.05) is 25.1 Å². The minimum absolute atomic E-state index is 0.0571. The van der Waals surface area contributed by atoms with E-state index in [-0.39, 0.29) is 29.3 Å². The maximum atomic E-state index is 13.2. The van der Waals surface area contributed by atoms with Crippen LogP contribution in [-0.4, -0.2) is 38.8 Å². The number of piperidine rings is 1. The highest BCUT2D eigenvalue weighted by Gasteiger charge is 2.34. The second-order valence-corrected chi connectivity index (χ2v) is 11.0. The van der Waals surface area contributed by atoms with Crippen molar-refractivity contribution in [1.82, 2.24) is 9.62 Å². The lowest BCUT2D eigenvalue weighted by Crippen LogP contribution is -2.46. The third-order valence-electron chi connectivity index (χ3n) is 6.95. The number of hydrogen-bond acceptors (Lipinski definition) is 4. The summed E-state index contributed by atoms with van der Waals surface area (Å²) in [5.41, 5.74) is 3.98. The van der Waals surface area contributed by atoms with Gasteiger partial charge >= 0.3 is 0 Å². The maximum Gasteiger partial charge on any atom is 0.243 e. The van der Waals surface area contributed by atoms with Gasteiger partial charge in [-0.3, -0.25) is 4.79 Å². The average Bonchev–Trinajstić information content (AvgIpc) is 2.87. The van der Waals surface area contributed by atoms with Gasteiger partial charge in [-0.25, -0.2) is 8.42 Å². The van der Waals surface area contributed by atoms with Crippen molar-refractivity contribution in [3.05, 3.63) is 59.2 Å². The summed E-state index contributed by atoms with van der Waals surface area (Å²) < 4.78 is 32.9. The van der Waals surface area contributed by atoms with Crippen LogP contribution in [0.15, 0.2) is 47.4 Å². The van der Waals surface area contributed by atoms with Crippen molar-refractivity contribution < 1.29 is 17.9 Å². The molecular weight excluding hydrogens is 436 g/mol. The molecule has 178 valence electrons. The zero-order valence-corrected chi connectivity index (χ0v) is 20.4. The summed E-state index contributed by atoms with van der Waals surface area (Å²) in [4.78, 5) is 13.4. The van der Waals surface area contributed by atoms with Crippen molar-refractivity contribution in [2.45, 2.75) is 62.8 Å². The molecule has 1 saturated heterocycles. The van der Waals surface area contributed by atoms with Crippen LogP contribution in [0.25, 0.3) is 0 Å². The van der Waals surface area contributed by atoms with Gasteiger partial charge in [0.1, 0.15) is 5.75 Å². The summed E-state index contributed by atoms with van der Waals surface area (Å²) in [7, 11) is -2.11. The Kier molecular flexibility index (Phi) is 7.39. The van der Waals surface area contributed by atoms with Gasteiger partial charge in [-0.05, 0) is 85.9 Å². The molecule has 1 aliphatic heterocycles. The molecule has 0 bridgehead atoms. The lowest BCUT2D eigenvalue weighted by molar-refractivity contribution is -0.126. The number of methoxy groups -OCH3 is 1. The molecule has 33 heavy (non-hydrogen) atoms. The number of rotatable bonds is 7. The molecule has 1 fully saturated rings. The molecule has 1 amide bonds. The predicted molar refractivity (Wildman–Crippen MR) is 129 cm³/mol. The van der Waals surface area contributed by atoms with Crippen molar-refractivity contribution in [1.29, 1.82) is 0 Å². The van der Waals surface area contributed by atoms with E-state index in [0.717, 1.165) is 24.8 Å². The SMILES string of the molecule is CC[C@H](NC(=O)[C@@H]1CCCN(S(=O)(=O)c2ccc(OC)cc2)C1)c1ccc2c(c1)CCCC2. The lowest BCUT2D eigenvalue weighted by Gasteiger charge is -2.32. The molecule has 2 aromatic rings. The van der Waals surface area contributed by atoms with Crippen molar-refractivity contribution in [2.75, 3.05) is 20.2 Å². The molecule has 2 aromatic carbocycles. The molecule has 4 rings (SSSR count). The van der Waals surface area contributed by atoms with Crippen LogP contribution in [0, 0.1) is 5.92 Å². The Balaban J connectivity index is 1.44. The smallest absolute Gasteiger partial charge is 0.243 e. The number of ether oxygens (including phenoxy) is 1. The molecular formula is C26H34N2O4S. The quantitative estimate of drug-likeness (QED) is 0.657. The van der Waals surface area contributed by atoms with E-state index >= 15 is 0 Å². The number of sulfonamides is 1. The fourth-order valence-corrected chi connectivity index (χ4v) is 6.48. The molecule has 0 spiro atoms. The highest BCUT2D eigenvalue weighted by Crippen LogP contribution is 2.28. The summed E-state index contributed by atoms with van der Waals surface area (Å²) in [5, 5.41) is 3.21. The average molecular weight is 471 g/mol. The number of amides is 1. The molecule has 1 heterocycles. The summed E-state index contributed by atoms with van der Waals surface area (Å²) >= 11 is 0. The summed E-state index contributed by atoms with van der Waals surface area (Å²) in [6.45, 7) is 2.71. The number of benzene rings is 2. The van der Waals surface area contributed by atoms with E-state index in [9.17, 15) is 13.2 Å². The van der Waals surface area contributed by atoms with E-state index in [1.165, 1.54) is 28.3 Å². The Morgan fingerprint density at radius 1 is 1.09 bits per heavy atom. The van der Waals surface area contributed by atoms with Crippen LogP contribution in [0.1, 0.15) is 61.8 Å². The van der Waals surface area contributed by atoms with Crippen LogP contribution in [0.3, 0.4) is 0 Å². The molecule has 1 N–H and O–H groups in total. The summed E-state index contributed by atoms with van der Waals surface area (Å²) in [6.07, 6.45) is 6.88. The number of carbonyl (C=O) groups is 1. The van der Waals surface area contributed by atoms with Crippen molar-refractivity contribution in [3.8, 4) is 5.75 Å². The second-order valence-electron chi connectivity index (χ2n) is 9.08. The van der Waals surface area contributed by atoms with E-state index in [1.807, 2.05) is 0 Å². The third-order valence-corrected chi connectivity index (χ3v) is 8.83. The maximum absolute atomic E-state index is 13.2. The molecule has 0 saturated carbocycles. The van der Waals surface area contributed by atoms with Crippen molar-refractivity contribution in [3.63, 3.8) is 0 Å². The van der Waals surface area contributed by atoms with E-state index in [1.54, 1.807) is 31.4 Å². The first kappa shape index (κ1) is 23.8. The molecule has 2 aliphatic rings. The number of aryl methyl sites for hydroxylation is 2. The Hall–Kier alpha value is -2.38. The molecule has 0 unspecified atom stereocenters. The first-order valence-electron chi connectivity index (χ1n) is 12.0. The van der Waals surface area contributed by atoms with Crippen LogP contribution in [0.5, 0.6) is 5.75 Å². The number of fused-ring (bicyclic) bond motifs is 1. The molecule has 0 radical (unpaired) electrons. The summed E-state index contributed by atoms with van der Waals surface area (Å²) in [5.74, 6) is 0.199. The van der Waals surface area contributed by atoms with Crippen molar-refractivity contribution in [2.24, 2.45) is 5.92 Å². The number of nitrogens with one attached hydrogen (secondary N) is 1. The molecule has 7 heteroatoms.